The Balaban J connectivity index is 2.10. The second-order valence-corrected chi connectivity index (χ2v) is 9.50. The molecular formula is C21H23NO6S2. The summed E-state index contributed by atoms with van der Waals surface area (Å²) >= 11 is 1.12. The molecule has 2 aromatic carbocycles. The van der Waals surface area contributed by atoms with E-state index in [4.69, 9.17) is 18.9 Å². The molecule has 3 aromatic rings. The third-order valence-electron chi connectivity index (χ3n) is 4.47. The normalized spacial score (nSPS) is 11.6. The number of sulfone groups is 1. The molecule has 160 valence electrons. The topological polar surface area (TPSA) is 84.0 Å². The molecule has 0 fully saturated rings. The van der Waals surface area contributed by atoms with Gasteiger partial charge in [0.2, 0.25) is 14.2 Å². The Labute approximate surface area is 180 Å². The van der Waals surface area contributed by atoms with Crippen LogP contribution in [0.3, 0.4) is 0 Å². The zero-order chi connectivity index (χ0) is 21.7. The first-order valence-corrected chi connectivity index (χ1v) is 11.5. The molecule has 0 aliphatic carbocycles. The number of aromatic nitrogens is 1. The van der Waals surface area contributed by atoms with Crippen molar-refractivity contribution in [2.24, 2.45) is 0 Å². The van der Waals surface area contributed by atoms with Crippen LogP contribution in [-0.4, -0.2) is 53.9 Å². The molecule has 0 saturated carbocycles. The standard InChI is InChI=1S/C21H23NO6S2/c1-25-16-9-5-14(6-10-16)19-20(15-7-11-17(26-2)12-8-15)29-21(22-19)30(23,24)13-18(27-3)28-4/h5-12,18H,13H2,1-4H3. The largest absolute Gasteiger partial charge is 0.497 e. The Morgan fingerprint density at radius 3 is 1.80 bits per heavy atom. The van der Waals surface area contributed by atoms with Gasteiger partial charge in [0, 0.05) is 19.8 Å². The predicted molar refractivity (Wildman–Crippen MR) is 116 cm³/mol. The predicted octanol–water partition coefficient (Wildman–Crippen LogP) is 3.89. The third-order valence-corrected chi connectivity index (χ3v) is 7.72. The maximum atomic E-state index is 12.9. The highest BCUT2D eigenvalue weighted by Gasteiger charge is 2.27. The highest BCUT2D eigenvalue weighted by atomic mass is 32.2. The van der Waals surface area contributed by atoms with Crippen LogP contribution in [0.1, 0.15) is 0 Å². The van der Waals surface area contributed by atoms with Crippen molar-refractivity contribution in [1.82, 2.24) is 4.98 Å². The molecule has 0 N–H and O–H groups in total. The second-order valence-electron chi connectivity index (χ2n) is 6.30. The smallest absolute Gasteiger partial charge is 0.210 e. The Morgan fingerprint density at radius 2 is 1.33 bits per heavy atom. The van der Waals surface area contributed by atoms with Crippen molar-refractivity contribution in [3.63, 3.8) is 0 Å². The van der Waals surface area contributed by atoms with Gasteiger partial charge in [-0.1, -0.05) is 0 Å². The zero-order valence-electron chi connectivity index (χ0n) is 17.1. The fraction of sp³-hybridized carbons (Fsp3) is 0.286. The number of nitrogens with zero attached hydrogens (tertiary/aromatic N) is 1. The lowest BCUT2D eigenvalue weighted by Gasteiger charge is -2.11. The monoisotopic (exact) mass is 449 g/mol. The average molecular weight is 450 g/mol. The minimum absolute atomic E-state index is 0.0123. The Kier molecular flexibility index (Phi) is 7.09. The van der Waals surface area contributed by atoms with Gasteiger partial charge < -0.3 is 18.9 Å². The molecule has 9 heteroatoms. The summed E-state index contributed by atoms with van der Waals surface area (Å²) in [5.41, 5.74) is 2.21. The molecule has 0 bridgehead atoms. The van der Waals surface area contributed by atoms with Crippen LogP contribution in [0.2, 0.25) is 0 Å². The van der Waals surface area contributed by atoms with Crippen molar-refractivity contribution in [3.8, 4) is 33.2 Å². The molecule has 0 aliphatic heterocycles. The van der Waals surface area contributed by atoms with Gasteiger partial charge in [-0.05, 0) is 54.1 Å². The first-order valence-electron chi connectivity index (χ1n) is 9.00. The lowest BCUT2D eigenvalue weighted by Crippen LogP contribution is -2.24. The van der Waals surface area contributed by atoms with Crippen molar-refractivity contribution < 1.29 is 27.4 Å². The molecule has 1 heterocycles. The molecule has 0 amide bonds. The Bertz CT molecular complexity index is 1010. The van der Waals surface area contributed by atoms with Crippen LogP contribution in [0.25, 0.3) is 21.7 Å². The van der Waals surface area contributed by atoms with Gasteiger partial charge in [0.15, 0.2) is 6.29 Å². The molecule has 0 radical (unpaired) electrons. The van der Waals surface area contributed by atoms with Gasteiger partial charge in [0.1, 0.15) is 17.3 Å². The lowest BCUT2D eigenvalue weighted by atomic mass is 10.1. The van der Waals surface area contributed by atoms with Crippen LogP contribution >= 0.6 is 11.3 Å². The Hall–Kier alpha value is -2.46. The number of hydrogen-bond donors (Lipinski definition) is 0. The number of ether oxygens (including phenoxy) is 4. The lowest BCUT2D eigenvalue weighted by molar-refractivity contribution is -0.0851. The summed E-state index contributed by atoms with van der Waals surface area (Å²) in [7, 11) is 2.27. The number of rotatable bonds is 9. The maximum Gasteiger partial charge on any atom is 0.210 e. The van der Waals surface area contributed by atoms with Gasteiger partial charge in [-0.3, -0.25) is 0 Å². The van der Waals surface area contributed by atoms with Gasteiger partial charge in [-0.2, -0.15) is 0 Å². The Morgan fingerprint density at radius 1 is 0.833 bits per heavy atom. The van der Waals surface area contributed by atoms with Crippen LogP contribution in [0.4, 0.5) is 0 Å². The first-order chi connectivity index (χ1) is 14.4. The minimum Gasteiger partial charge on any atom is -0.497 e. The number of methoxy groups -OCH3 is 4. The van der Waals surface area contributed by atoms with Crippen molar-refractivity contribution in [3.05, 3.63) is 48.5 Å². The number of thiazole rings is 1. The molecule has 1 aromatic heterocycles. The van der Waals surface area contributed by atoms with E-state index in [1.807, 2.05) is 48.5 Å². The van der Waals surface area contributed by atoms with Crippen molar-refractivity contribution >= 4 is 21.2 Å². The van der Waals surface area contributed by atoms with E-state index in [2.05, 4.69) is 4.98 Å². The SMILES string of the molecule is COc1ccc(-c2nc(S(=O)(=O)CC(OC)OC)sc2-c2ccc(OC)cc2)cc1. The number of hydrogen-bond acceptors (Lipinski definition) is 8. The molecule has 7 nitrogen and oxygen atoms in total. The molecular weight excluding hydrogens is 426 g/mol. The van der Waals surface area contributed by atoms with Crippen molar-refractivity contribution in [1.29, 1.82) is 0 Å². The zero-order valence-corrected chi connectivity index (χ0v) is 18.7. The summed E-state index contributed by atoms with van der Waals surface area (Å²) in [6.45, 7) is 0. The van der Waals surface area contributed by atoms with Crippen LogP contribution in [0.15, 0.2) is 52.9 Å². The molecule has 0 saturated heterocycles. The van der Waals surface area contributed by atoms with Crippen LogP contribution < -0.4 is 9.47 Å². The molecule has 0 atom stereocenters. The molecule has 0 aliphatic rings. The molecule has 0 unspecified atom stereocenters. The van der Waals surface area contributed by atoms with E-state index in [1.165, 1.54) is 14.2 Å². The fourth-order valence-electron chi connectivity index (χ4n) is 2.80. The second kappa shape index (κ2) is 9.57. The van der Waals surface area contributed by atoms with Gasteiger partial charge in [-0.25, -0.2) is 13.4 Å². The van der Waals surface area contributed by atoms with Gasteiger partial charge >= 0.3 is 0 Å². The van der Waals surface area contributed by atoms with Crippen LogP contribution in [0, 0.1) is 0 Å². The number of benzene rings is 2. The van der Waals surface area contributed by atoms with Gasteiger partial charge in [0.05, 0.1) is 24.8 Å². The highest BCUT2D eigenvalue weighted by Crippen LogP contribution is 2.39. The van der Waals surface area contributed by atoms with E-state index in [9.17, 15) is 8.42 Å². The van der Waals surface area contributed by atoms with E-state index < -0.39 is 16.1 Å². The van der Waals surface area contributed by atoms with E-state index in [0.29, 0.717) is 17.2 Å². The van der Waals surface area contributed by atoms with Crippen LogP contribution in [-0.2, 0) is 19.3 Å². The highest BCUT2D eigenvalue weighted by molar-refractivity contribution is 7.93. The van der Waals surface area contributed by atoms with E-state index >= 15 is 0 Å². The van der Waals surface area contributed by atoms with Gasteiger partial charge in [0.25, 0.3) is 0 Å². The van der Waals surface area contributed by atoms with E-state index in [0.717, 1.165) is 27.3 Å². The molecule has 0 spiro atoms. The maximum absolute atomic E-state index is 12.9. The first kappa shape index (κ1) is 22.2. The molecule has 3 rings (SSSR count). The minimum atomic E-state index is -3.72. The summed E-state index contributed by atoms with van der Waals surface area (Å²) in [4.78, 5) is 5.24. The van der Waals surface area contributed by atoms with Crippen LogP contribution in [0.5, 0.6) is 11.5 Å². The summed E-state index contributed by atoms with van der Waals surface area (Å²) in [5, 5.41) is 0. The van der Waals surface area contributed by atoms with Crippen molar-refractivity contribution in [2.45, 2.75) is 10.6 Å². The summed E-state index contributed by atoms with van der Waals surface area (Å²) in [6, 6.07) is 14.7. The molecule has 30 heavy (non-hydrogen) atoms. The summed E-state index contributed by atoms with van der Waals surface area (Å²) < 4.78 is 46.5. The quantitative estimate of drug-likeness (QED) is 0.458. The average Bonchev–Trinajstić information content (AvgIpc) is 3.24. The van der Waals surface area contributed by atoms with Gasteiger partial charge in [-0.15, -0.1) is 11.3 Å². The van der Waals surface area contributed by atoms with E-state index in [-0.39, 0.29) is 10.1 Å². The third kappa shape index (κ3) is 4.81. The fourth-order valence-corrected chi connectivity index (χ4v) is 5.59. The summed E-state index contributed by atoms with van der Waals surface area (Å²) in [5.74, 6) is 1.10. The van der Waals surface area contributed by atoms with Crippen molar-refractivity contribution in [2.75, 3.05) is 34.2 Å². The van der Waals surface area contributed by atoms with E-state index in [1.54, 1.807) is 14.2 Å². The summed E-state index contributed by atoms with van der Waals surface area (Å²) in [6.07, 6.45) is -0.868.